The molecule has 2 aliphatic rings. The van der Waals surface area contributed by atoms with Crippen molar-refractivity contribution in [2.45, 2.75) is 6.54 Å². The Balaban J connectivity index is 0.924. The molecular weight excluding hydrogens is 524 g/mol. The number of anilines is 2. The Labute approximate surface area is 237 Å². The Hall–Kier alpha value is -4.20. The number of benzene rings is 1. The van der Waals surface area contributed by atoms with Gasteiger partial charge in [0.15, 0.2) is 17.1 Å². The molecule has 7 rings (SSSR count). The summed E-state index contributed by atoms with van der Waals surface area (Å²) in [6.45, 7) is 10.7. The zero-order valence-corrected chi connectivity index (χ0v) is 22.9. The van der Waals surface area contributed by atoms with Crippen molar-refractivity contribution in [3.8, 4) is 17.3 Å². The normalized spacial score (nSPS) is 17.1. The fourth-order valence-corrected chi connectivity index (χ4v) is 5.47. The maximum Gasteiger partial charge on any atom is 0.225 e. The van der Waals surface area contributed by atoms with Gasteiger partial charge in [0.1, 0.15) is 12.4 Å². The average molecular weight is 559 g/mol. The molecule has 0 radical (unpaired) electrons. The molecule has 2 fully saturated rings. The molecule has 0 amide bonds. The lowest BCUT2D eigenvalue weighted by atomic mass is 10.2. The first-order valence-electron chi connectivity index (χ1n) is 14.1. The third-order valence-electron chi connectivity index (χ3n) is 7.82. The number of aromatic nitrogens is 6. The Bertz CT molecular complexity index is 1580. The van der Waals surface area contributed by atoms with Crippen LogP contribution in [0, 0.1) is 0 Å². The van der Waals surface area contributed by atoms with Gasteiger partial charge in [-0.1, -0.05) is 0 Å². The molecule has 0 atom stereocenters. The number of furan rings is 1. The minimum absolute atomic E-state index is 0.265. The lowest BCUT2D eigenvalue weighted by Crippen LogP contribution is -2.47. The molecule has 214 valence electrons. The van der Waals surface area contributed by atoms with E-state index in [9.17, 15) is 0 Å². The van der Waals surface area contributed by atoms with Crippen LogP contribution in [-0.2, 0) is 11.3 Å². The summed E-state index contributed by atoms with van der Waals surface area (Å²) in [5.41, 5.74) is 8.79. The fraction of sp³-hybridized carbons (Fsp3) is 0.429. The van der Waals surface area contributed by atoms with E-state index in [1.165, 1.54) is 10.2 Å². The molecule has 0 bridgehead atoms. The molecule has 0 spiro atoms. The number of morpholine rings is 1. The number of ether oxygens (including phenoxy) is 2. The monoisotopic (exact) mass is 558 g/mol. The van der Waals surface area contributed by atoms with E-state index in [1.54, 1.807) is 18.5 Å². The molecule has 5 aromatic rings. The largest absolute Gasteiger partial charge is 0.492 e. The van der Waals surface area contributed by atoms with E-state index < -0.39 is 0 Å². The standard InChI is InChI=1S/C28H34N10O3/c29-28-32-26-23(27-31-25(33-38(27)28)24-2-1-16-41-24)20-30-37(26)12-9-34-7-10-36(11-8-34)21-3-5-22(6-4-21)40-19-15-35-13-17-39-18-14-35/h1-6,16,20H,7-15,17-19H2,(H2,29,32). The second kappa shape index (κ2) is 11.4. The molecule has 4 aromatic heterocycles. The summed E-state index contributed by atoms with van der Waals surface area (Å²) in [5, 5.41) is 9.87. The zero-order chi connectivity index (χ0) is 27.6. The first kappa shape index (κ1) is 25.7. The highest BCUT2D eigenvalue weighted by atomic mass is 16.5. The summed E-state index contributed by atoms with van der Waals surface area (Å²) in [4.78, 5) is 16.5. The van der Waals surface area contributed by atoms with Crippen LogP contribution in [0.3, 0.4) is 0 Å². The van der Waals surface area contributed by atoms with Crippen molar-refractivity contribution in [2.75, 3.05) is 82.8 Å². The van der Waals surface area contributed by atoms with Crippen LogP contribution in [0.4, 0.5) is 11.6 Å². The van der Waals surface area contributed by atoms with Crippen LogP contribution in [0.1, 0.15) is 0 Å². The summed E-state index contributed by atoms with van der Waals surface area (Å²) < 4.78 is 20.3. The number of fused-ring (bicyclic) bond motifs is 3. The summed E-state index contributed by atoms with van der Waals surface area (Å²) in [5.74, 6) is 2.23. The maximum absolute atomic E-state index is 6.24. The van der Waals surface area contributed by atoms with Gasteiger partial charge in [-0.05, 0) is 36.4 Å². The van der Waals surface area contributed by atoms with Crippen molar-refractivity contribution >= 4 is 28.3 Å². The molecule has 13 nitrogen and oxygen atoms in total. The SMILES string of the molecule is Nc1nc2c(cnn2CCN2CCN(c3ccc(OCCN4CCOCC4)cc3)CC2)c2nc(-c3ccco3)nn12. The second-order valence-electron chi connectivity index (χ2n) is 10.3. The summed E-state index contributed by atoms with van der Waals surface area (Å²) in [6, 6.07) is 12.1. The van der Waals surface area contributed by atoms with Gasteiger partial charge in [0.25, 0.3) is 0 Å². The van der Waals surface area contributed by atoms with Crippen LogP contribution in [0.15, 0.2) is 53.3 Å². The maximum atomic E-state index is 6.24. The number of nitrogens with two attached hydrogens (primary N) is 1. The Kier molecular flexibility index (Phi) is 7.13. The zero-order valence-electron chi connectivity index (χ0n) is 22.9. The predicted octanol–water partition coefficient (Wildman–Crippen LogP) is 1.85. The van der Waals surface area contributed by atoms with E-state index >= 15 is 0 Å². The summed E-state index contributed by atoms with van der Waals surface area (Å²) in [6.07, 6.45) is 3.38. The van der Waals surface area contributed by atoms with Crippen LogP contribution in [0.5, 0.6) is 5.75 Å². The minimum Gasteiger partial charge on any atom is -0.492 e. The van der Waals surface area contributed by atoms with Crippen molar-refractivity contribution in [3.63, 3.8) is 0 Å². The Morgan fingerprint density at radius 1 is 0.854 bits per heavy atom. The molecule has 6 heterocycles. The average Bonchev–Trinajstić information content (AvgIpc) is 3.78. The first-order valence-corrected chi connectivity index (χ1v) is 14.1. The molecule has 0 unspecified atom stereocenters. The highest BCUT2D eigenvalue weighted by Crippen LogP contribution is 2.24. The number of nitrogen functional groups attached to an aromatic ring is 1. The second-order valence-corrected chi connectivity index (χ2v) is 10.3. The van der Waals surface area contributed by atoms with E-state index in [-0.39, 0.29) is 5.95 Å². The van der Waals surface area contributed by atoms with E-state index in [2.05, 4.69) is 59.1 Å². The van der Waals surface area contributed by atoms with Gasteiger partial charge in [-0.2, -0.15) is 14.6 Å². The fourth-order valence-electron chi connectivity index (χ4n) is 5.47. The van der Waals surface area contributed by atoms with Crippen molar-refractivity contribution in [1.82, 2.24) is 39.2 Å². The Morgan fingerprint density at radius 2 is 1.66 bits per heavy atom. The van der Waals surface area contributed by atoms with Crippen molar-refractivity contribution in [2.24, 2.45) is 0 Å². The van der Waals surface area contributed by atoms with Crippen LogP contribution in [0.2, 0.25) is 0 Å². The highest BCUT2D eigenvalue weighted by molar-refractivity contribution is 5.90. The molecule has 1 aromatic carbocycles. The Morgan fingerprint density at radius 3 is 2.44 bits per heavy atom. The third kappa shape index (κ3) is 5.43. The van der Waals surface area contributed by atoms with Crippen molar-refractivity contribution < 1.29 is 13.9 Å². The summed E-state index contributed by atoms with van der Waals surface area (Å²) in [7, 11) is 0. The predicted molar refractivity (Wildman–Crippen MR) is 154 cm³/mol. The molecule has 41 heavy (non-hydrogen) atoms. The third-order valence-corrected chi connectivity index (χ3v) is 7.82. The first-order chi connectivity index (χ1) is 20.2. The quantitative estimate of drug-likeness (QED) is 0.285. The van der Waals surface area contributed by atoms with Gasteiger partial charge in [0.2, 0.25) is 11.8 Å². The molecule has 2 aliphatic heterocycles. The van der Waals surface area contributed by atoms with Gasteiger partial charge in [0.05, 0.1) is 37.6 Å². The van der Waals surface area contributed by atoms with E-state index in [0.29, 0.717) is 36.0 Å². The lowest BCUT2D eigenvalue weighted by Gasteiger charge is -2.36. The van der Waals surface area contributed by atoms with Gasteiger partial charge in [0, 0.05) is 58.0 Å². The molecule has 0 aliphatic carbocycles. The number of hydrogen-bond acceptors (Lipinski definition) is 11. The van der Waals surface area contributed by atoms with Crippen LogP contribution >= 0.6 is 0 Å². The van der Waals surface area contributed by atoms with Gasteiger partial charge in [-0.15, -0.1) is 5.10 Å². The van der Waals surface area contributed by atoms with Crippen molar-refractivity contribution in [1.29, 1.82) is 0 Å². The molecule has 0 saturated carbocycles. The van der Waals surface area contributed by atoms with Gasteiger partial charge < -0.3 is 24.5 Å². The smallest absolute Gasteiger partial charge is 0.225 e. The van der Waals surface area contributed by atoms with Crippen LogP contribution < -0.4 is 15.4 Å². The van der Waals surface area contributed by atoms with Crippen LogP contribution in [0.25, 0.3) is 28.3 Å². The van der Waals surface area contributed by atoms with E-state index in [1.807, 2.05) is 10.7 Å². The molecular formula is C28H34N10O3. The number of piperazine rings is 1. The highest BCUT2D eigenvalue weighted by Gasteiger charge is 2.20. The number of rotatable bonds is 9. The lowest BCUT2D eigenvalue weighted by molar-refractivity contribution is 0.0322. The van der Waals surface area contributed by atoms with E-state index in [4.69, 9.17) is 19.6 Å². The topological polar surface area (TPSA) is 128 Å². The van der Waals surface area contributed by atoms with Gasteiger partial charge in [-0.3, -0.25) is 9.80 Å². The number of nitrogens with zero attached hydrogens (tertiary/aromatic N) is 9. The van der Waals surface area contributed by atoms with Gasteiger partial charge in [-0.25, -0.2) is 9.67 Å². The molecule has 2 saturated heterocycles. The van der Waals surface area contributed by atoms with Crippen molar-refractivity contribution in [3.05, 3.63) is 48.9 Å². The van der Waals surface area contributed by atoms with E-state index in [0.717, 1.165) is 76.7 Å². The van der Waals surface area contributed by atoms with Crippen LogP contribution in [-0.4, -0.2) is 111 Å². The minimum atomic E-state index is 0.265. The summed E-state index contributed by atoms with van der Waals surface area (Å²) >= 11 is 0. The van der Waals surface area contributed by atoms with Gasteiger partial charge >= 0.3 is 0 Å². The molecule has 2 N–H and O–H groups in total. The molecule has 13 heteroatoms. The number of hydrogen-bond donors (Lipinski definition) is 1.